The van der Waals surface area contributed by atoms with Crippen LogP contribution in [0.4, 0.5) is 13.2 Å². The molecule has 3 rings (SSSR count). The second-order valence-corrected chi connectivity index (χ2v) is 5.85. The molecule has 106 valence electrons. The van der Waals surface area contributed by atoms with Crippen molar-refractivity contribution in [2.24, 2.45) is 0 Å². The summed E-state index contributed by atoms with van der Waals surface area (Å²) in [6.07, 6.45) is -2.55. The molecule has 0 saturated heterocycles. The van der Waals surface area contributed by atoms with Gasteiger partial charge in [-0.1, -0.05) is 12.1 Å². The van der Waals surface area contributed by atoms with E-state index in [1.54, 1.807) is 6.07 Å². The Labute approximate surface area is 117 Å². The van der Waals surface area contributed by atoms with Crippen molar-refractivity contribution >= 4 is 11.3 Å². The summed E-state index contributed by atoms with van der Waals surface area (Å²) < 4.78 is 38.1. The van der Waals surface area contributed by atoms with E-state index in [0.29, 0.717) is 17.0 Å². The van der Waals surface area contributed by atoms with E-state index in [2.05, 4.69) is 4.98 Å². The van der Waals surface area contributed by atoms with Crippen molar-refractivity contribution in [3.8, 4) is 10.6 Å². The standard InChI is InChI=1S/C14H12F3NOS/c15-14(16,17)9-4-1-3-8(7-9)13-18-10-5-2-6-11(19)12(10)20-13/h1,3-4,7,11,19H,2,5-6H2. The topological polar surface area (TPSA) is 33.1 Å². The second-order valence-electron chi connectivity index (χ2n) is 4.82. The molecule has 1 unspecified atom stereocenters. The Morgan fingerprint density at radius 1 is 1.30 bits per heavy atom. The zero-order valence-electron chi connectivity index (χ0n) is 10.4. The minimum absolute atomic E-state index is 0.450. The van der Waals surface area contributed by atoms with Crippen LogP contribution in [0.3, 0.4) is 0 Å². The van der Waals surface area contributed by atoms with Crippen LogP contribution in [-0.2, 0) is 12.6 Å². The number of benzene rings is 1. The average molecular weight is 299 g/mol. The van der Waals surface area contributed by atoms with Gasteiger partial charge in [-0.25, -0.2) is 4.98 Å². The van der Waals surface area contributed by atoms with Crippen LogP contribution in [0.5, 0.6) is 0 Å². The lowest BCUT2D eigenvalue weighted by molar-refractivity contribution is -0.137. The predicted octanol–water partition coefficient (Wildman–Crippen LogP) is 4.20. The maximum Gasteiger partial charge on any atom is 0.416 e. The van der Waals surface area contributed by atoms with E-state index in [4.69, 9.17) is 0 Å². The van der Waals surface area contributed by atoms with Crippen molar-refractivity contribution in [1.82, 2.24) is 4.98 Å². The summed E-state index contributed by atoms with van der Waals surface area (Å²) in [5, 5.41) is 10.4. The van der Waals surface area contributed by atoms with Gasteiger partial charge in [-0.15, -0.1) is 11.3 Å². The fourth-order valence-electron chi connectivity index (χ4n) is 2.35. The summed E-state index contributed by atoms with van der Waals surface area (Å²) in [5.41, 5.74) is 0.594. The Kier molecular flexibility index (Phi) is 3.30. The van der Waals surface area contributed by atoms with Crippen molar-refractivity contribution in [3.05, 3.63) is 40.4 Å². The first kappa shape index (κ1) is 13.6. The third kappa shape index (κ3) is 2.45. The summed E-state index contributed by atoms with van der Waals surface area (Å²) >= 11 is 1.29. The fourth-order valence-corrected chi connectivity index (χ4v) is 3.48. The predicted molar refractivity (Wildman–Crippen MR) is 70.4 cm³/mol. The molecule has 1 heterocycles. The maximum atomic E-state index is 12.7. The van der Waals surface area contributed by atoms with E-state index in [1.165, 1.54) is 17.4 Å². The number of thiazole rings is 1. The van der Waals surface area contributed by atoms with E-state index >= 15 is 0 Å². The minimum Gasteiger partial charge on any atom is -0.388 e. The van der Waals surface area contributed by atoms with Gasteiger partial charge in [-0.3, -0.25) is 0 Å². The molecule has 0 fully saturated rings. The molecule has 1 N–H and O–H groups in total. The summed E-state index contributed by atoms with van der Waals surface area (Å²) in [4.78, 5) is 5.18. The van der Waals surface area contributed by atoms with Crippen LogP contribution in [0.2, 0.25) is 0 Å². The molecule has 0 aliphatic heterocycles. The number of halogens is 3. The molecule has 2 nitrogen and oxygen atoms in total. The number of alkyl halides is 3. The van der Waals surface area contributed by atoms with Crippen LogP contribution in [-0.4, -0.2) is 10.1 Å². The molecular weight excluding hydrogens is 287 g/mol. The van der Waals surface area contributed by atoms with Gasteiger partial charge in [0.05, 0.1) is 22.2 Å². The Morgan fingerprint density at radius 3 is 2.80 bits per heavy atom. The molecule has 6 heteroatoms. The fraction of sp³-hybridized carbons (Fsp3) is 0.357. The first-order chi connectivity index (χ1) is 9.45. The number of aryl methyl sites for hydroxylation is 1. The van der Waals surface area contributed by atoms with E-state index in [1.807, 2.05) is 0 Å². The van der Waals surface area contributed by atoms with Gasteiger partial charge in [0, 0.05) is 5.56 Å². The Morgan fingerprint density at radius 2 is 2.10 bits per heavy atom. The lowest BCUT2D eigenvalue weighted by Gasteiger charge is -2.14. The first-order valence-corrected chi connectivity index (χ1v) is 7.12. The second kappa shape index (κ2) is 4.86. The van der Waals surface area contributed by atoms with Crippen LogP contribution in [0, 0.1) is 0 Å². The van der Waals surface area contributed by atoms with Crippen molar-refractivity contribution in [2.75, 3.05) is 0 Å². The smallest absolute Gasteiger partial charge is 0.388 e. The van der Waals surface area contributed by atoms with Gasteiger partial charge in [0.1, 0.15) is 5.01 Å². The van der Waals surface area contributed by atoms with Crippen LogP contribution in [0.15, 0.2) is 24.3 Å². The van der Waals surface area contributed by atoms with E-state index in [-0.39, 0.29) is 0 Å². The number of aliphatic hydroxyl groups is 1. The van der Waals surface area contributed by atoms with Crippen molar-refractivity contribution < 1.29 is 18.3 Å². The molecule has 0 saturated carbocycles. The van der Waals surface area contributed by atoms with Gasteiger partial charge in [0.25, 0.3) is 0 Å². The van der Waals surface area contributed by atoms with Crippen LogP contribution in [0.25, 0.3) is 10.6 Å². The van der Waals surface area contributed by atoms with E-state index in [9.17, 15) is 18.3 Å². The number of rotatable bonds is 1. The monoisotopic (exact) mass is 299 g/mol. The van der Waals surface area contributed by atoms with Crippen molar-refractivity contribution in [1.29, 1.82) is 0 Å². The number of aliphatic hydroxyl groups excluding tert-OH is 1. The normalized spacial score (nSPS) is 18.9. The van der Waals surface area contributed by atoms with E-state index in [0.717, 1.165) is 35.5 Å². The minimum atomic E-state index is -4.35. The van der Waals surface area contributed by atoms with Gasteiger partial charge in [0.15, 0.2) is 0 Å². The molecule has 0 bridgehead atoms. The van der Waals surface area contributed by atoms with E-state index < -0.39 is 17.8 Å². The van der Waals surface area contributed by atoms with Gasteiger partial charge < -0.3 is 5.11 Å². The zero-order valence-corrected chi connectivity index (χ0v) is 11.3. The van der Waals surface area contributed by atoms with Gasteiger partial charge in [0.2, 0.25) is 0 Å². The largest absolute Gasteiger partial charge is 0.416 e. The lowest BCUT2D eigenvalue weighted by atomic mass is 10.0. The molecule has 1 aromatic heterocycles. The van der Waals surface area contributed by atoms with Crippen molar-refractivity contribution in [2.45, 2.75) is 31.5 Å². The number of nitrogens with zero attached hydrogens (tertiary/aromatic N) is 1. The van der Waals surface area contributed by atoms with Gasteiger partial charge >= 0.3 is 6.18 Å². The third-order valence-electron chi connectivity index (χ3n) is 3.36. The highest BCUT2D eigenvalue weighted by Crippen LogP contribution is 2.39. The lowest BCUT2D eigenvalue weighted by Crippen LogP contribution is -2.06. The molecule has 1 aliphatic rings. The molecule has 1 atom stereocenters. The highest BCUT2D eigenvalue weighted by atomic mass is 32.1. The molecule has 2 aromatic rings. The Balaban J connectivity index is 2.02. The maximum absolute atomic E-state index is 12.7. The number of hydrogen-bond donors (Lipinski definition) is 1. The Bertz CT molecular complexity index is 636. The number of hydrogen-bond acceptors (Lipinski definition) is 3. The number of fused-ring (bicyclic) bond motifs is 1. The number of aromatic nitrogens is 1. The van der Waals surface area contributed by atoms with Crippen molar-refractivity contribution in [3.63, 3.8) is 0 Å². The van der Waals surface area contributed by atoms with Crippen LogP contribution in [0.1, 0.15) is 35.1 Å². The third-order valence-corrected chi connectivity index (χ3v) is 4.61. The molecule has 0 amide bonds. The average Bonchev–Trinajstić information content (AvgIpc) is 2.83. The molecule has 0 spiro atoms. The zero-order chi connectivity index (χ0) is 14.3. The molecule has 20 heavy (non-hydrogen) atoms. The summed E-state index contributed by atoms with van der Waals surface area (Å²) in [5.74, 6) is 0. The first-order valence-electron chi connectivity index (χ1n) is 6.30. The highest BCUT2D eigenvalue weighted by molar-refractivity contribution is 7.15. The molecule has 0 radical (unpaired) electrons. The summed E-state index contributed by atoms with van der Waals surface area (Å²) in [7, 11) is 0. The van der Waals surface area contributed by atoms with Gasteiger partial charge in [-0.05, 0) is 31.4 Å². The highest BCUT2D eigenvalue weighted by Gasteiger charge is 2.31. The summed E-state index contributed by atoms with van der Waals surface area (Å²) in [6.45, 7) is 0. The molecule has 1 aromatic carbocycles. The summed E-state index contributed by atoms with van der Waals surface area (Å²) in [6, 6.07) is 5.16. The van der Waals surface area contributed by atoms with Crippen LogP contribution >= 0.6 is 11.3 Å². The molecule has 1 aliphatic carbocycles. The van der Waals surface area contributed by atoms with Gasteiger partial charge in [-0.2, -0.15) is 13.2 Å². The van der Waals surface area contributed by atoms with Crippen LogP contribution < -0.4 is 0 Å². The molecular formula is C14H12F3NOS. The quantitative estimate of drug-likeness (QED) is 0.856. The SMILES string of the molecule is OC1CCCc2nc(-c3cccc(C(F)(F)F)c3)sc21. The Hall–Kier alpha value is -1.40.